The third kappa shape index (κ3) is 2.41. The lowest BCUT2D eigenvalue weighted by Gasteiger charge is -2.06. The van der Waals surface area contributed by atoms with Crippen LogP contribution in [-0.2, 0) is 6.54 Å². The molecule has 0 amide bonds. The Kier molecular flexibility index (Phi) is 3.07. The lowest BCUT2D eigenvalue weighted by molar-refractivity contribution is 1.15. The monoisotopic (exact) mass is 300 g/mol. The van der Waals surface area contributed by atoms with Crippen molar-refractivity contribution < 1.29 is 0 Å². The summed E-state index contributed by atoms with van der Waals surface area (Å²) in [4.78, 5) is 3.20. The Labute approximate surface area is 114 Å². The minimum absolute atomic E-state index is 0.836. The Hall–Kier alpha value is -1.74. The summed E-state index contributed by atoms with van der Waals surface area (Å²) in [5.41, 5.74) is 3.60. The van der Waals surface area contributed by atoms with Gasteiger partial charge in [-0.05, 0) is 53.4 Å². The zero-order valence-electron chi connectivity index (χ0n) is 9.78. The lowest BCUT2D eigenvalue weighted by Crippen LogP contribution is -1.98. The molecule has 0 spiro atoms. The van der Waals surface area contributed by atoms with Crippen molar-refractivity contribution in [3.63, 3.8) is 0 Å². The molecule has 0 saturated carbocycles. The zero-order valence-corrected chi connectivity index (χ0v) is 11.4. The summed E-state index contributed by atoms with van der Waals surface area (Å²) in [5.74, 6) is 0. The van der Waals surface area contributed by atoms with Crippen LogP contribution in [0.25, 0.3) is 10.9 Å². The Balaban J connectivity index is 1.74. The maximum absolute atomic E-state index is 3.43. The highest BCUT2D eigenvalue weighted by Crippen LogP contribution is 2.17. The first-order chi connectivity index (χ1) is 8.81. The Bertz CT molecular complexity index is 656. The highest BCUT2D eigenvalue weighted by atomic mass is 79.9. The van der Waals surface area contributed by atoms with E-state index in [4.69, 9.17) is 0 Å². The number of benzene rings is 2. The molecule has 0 atom stereocenters. The van der Waals surface area contributed by atoms with E-state index in [9.17, 15) is 0 Å². The molecular weight excluding hydrogens is 288 g/mol. The van der Waals surface area contributed by atoms with E-state index in [2.05, 4.69) is 62.6 Å². The van der Waals surface area contributed by atoms with Crippen molar-refractivity contribution in [2.75, 3.05) is 5.32 Å². The molecule has 90 valence electrons. The molecule has 3 rings (SSSR count). The molecule has 0 radical (unpaired) electrons. The molecule has 2 N–H and O–H groups in total. The molecule has 0 fully saturated rings. The van der Waals surface area contributed by atoms with Crippen LogP contribution >= 0.6 is 15.9 Å². The summed E-state index contributed by atoms with van der Waals surface area (Å²) in [7, 11) is 0. The molecule has 0 saturated heterocycles. The summed E-state index contributed by atoms with van der Waals surface area (Å²) in [6.07, 6.45) is 1.97. The largest absolute Gasteiger partial charge is 0.381 e. The number of aromatic nitrogens is 1. The van der Waals surface area contributed by atoms with E-state index in [0.717, 1.165) is 16.7 Å². The van der Waals surface area contributed by atoms with Crippen molar-refractivity contribution in [1.82, 2.24) is 4.98 Å². The molecule has 3 heteroatoms. The van der Waals surface area contributed by atoms with E-state index in [1.807, 2.05) is 18.3 Å². The van der Waals surface area contributed by atoms with E-state index in [1.54, 1.807) is 0 Å². The van der Waals surface area contributed by atoms with Gasteiger partial charge in [-0.3, -0.25) is 0 Å². The molecule has 2 aromatic carbocycles. The molecule has 1 heterocycles. The van der Waals surface area contributed by atoms with Gasteiger partial charge in [0.15, 0.2) is 0 Å². The average molecular weight is 301 g/mol. The number of halogens is 1. The van der Waals surface area contributed by atoms with Crippen molar-refractivity contribution >= 4 is 32.5 Å². The predicted molar refractivity (Wildman–Crippen MR) is 79.8 cm³/mol. The Morgan fingerprint density at radius 2 is 1.83 bits per heavy atom. The van der Waals surface area contributed by atoms with Gasteiger partial charge in [0.2, 0.25) is 0 Å². The number of hydrogen-bond acceptors (Lipinski definition) is 1. The molecule has 0 bridgehead atoms. The number of anilines is 1. The minimum Gasteiger partial charge on any atom is -0.381 e. The van der Waals surface area contributed by atoms with Crippen LogP contribution < -0.4 is 5.32 Å². The van der Waals surface area contributed by atoms with Crippen molar-refractivity contribution in [2.24, 2.45) is 0 Å². The van der Waals surface area contributed by atoms with Crippen LogP contribution in [0, 0.1) is 0 Å². The van der Waals surface area contributed by atoms with E-state index in [1.165, 1.54) is 16.5 Å². The van der Waals surface area contributed by atoms with Crippen molar-refractivity contribution in [2.45, 2.75) is 6.54 Å². The van der Waals surface area contributed by atoms with Gasteiger partial charge >= 0.3 is 0 Å². The SMILES string of the molecule is Brc1ccc(NCc2ccc3[nH]ccc3c2)cc1. The molecule has 2 nitrogen and oxygen atoms in total. The van der Waals surface area contributed by atoms with Crippen LogP contribution in [0.5, 0.6) is 0 Å². The predicted octanol–water partition coefficient (Wildman–Crippen LogP) is 4.54. The normalized spacial score (nSPS) is 10.7. The molecule has 3 aromatic rings. The van der Waals surface area contributed by atoms with Crippen LogP contribution in [-0.4, -0.2) is 4.98 Å². The van der Waals surface area contributed by atoms with Gasteiger partial charge < -0.3 is 10.3 Å². The van der Waals surface area contributed by atoms with Gasteiger partial charge in [-0.2, -0.15) is 0 Å². The van der Waals surface area contributed by atoms with E-state index in [-0.39, 0.29) is 0 Å². The molecule has 0 aliphatic carbocycles. The number of fused-ring (bicyclic) bond motifs is 1. The number of nitrogens with one attached hydrogen (secondary N) is 2. The first-order valence-electron chi connectivity index (χ1n) is 5.87. The first kappa shape index (κ1) is 11.4. The number of H-pyrrole nitrogens is 1. The molecule has 18 heavy (non-hydrogen) atoms. The van der Waals surface area contributed by atoms with Gasteiger partial charge in [-0.15, -0.1) is 0 Å². The van der Waals surface area contributed by atoms with Gasteiger partial charge in [0.25, 0.3) is 0 Å². The summed E-state index contributed by atoms with van der Waals surface area (Å²) < 4.78 is 1.10. The standard InChI is InChI=1S/C15H13BrN2/c16-13-2-4-14(5-3-13)18-10-11-1-6-15-12(9-11)7-8-17-15/h1-9,17-18H,10H2. The van der Waals surface area contributed by atoms with Crippen LogP contribution in [0.3, 0.4) is 0 Å². The second-order valence-corrected chi connectivity index (χ2v) is 5.18. The third-order valence-corrected chi connectivity index (χ3v) is 3.49. The fourth-order valence-electron chi connectivity index (χ4n) is 1.98. The minimum atomic E-state index is 0.836. The highest BCUT2D eigenvalue weighted by Gasteiger charge is 1.98. The molecule has 0 unspecified atom stereocenters. The van der Waals surface area contributed by atoms with Crippen LogP contribution in [0.4, 0.5) is 5.69 Å². The quantitative estimate of drug-likeness (QED) is 0.730. The van der Waals surface area contributed by atoms with Gasteiger partial charge in [0.1, 0.15) is 0 Å². The van der Waals surface area contributed by atoms with Crippen molar-refractivity contribution in [1.29, 1.82) is 0 Å². The number of rotatable bonds is 3. The maximum Gasteiger partial charge on any atom is 0.0454 e. The summed E-state index contributed by atoms with van der Waals surface area (Å²) in [6, 6.07) is 16.8. The van der Waals surface area contributed by atoms with Crippen LogP contribution in [0.1, 0.15) is 5.56 Å². The molecule has 0 aliphatic heterocycles. The highest BCUT2D eigenvalue weighted by molar-refractivity contribution is 9.10. The Morgan fingerprint density at radius 3 is 2.67 bits per heavy atom. The number of hydrogen-bond donors (Lipinski definition) is 2. The van der Waals surface area contributed by atoms with Gasteiger partial charge in [-0.1, -0.05) is 22.0 Å². The third-order valence-electron chi connectivity index (χ3n) is 2.96. The molecular formula is C15H13BrN2. The van der Waals surface area contributed by atoms with E-state index in [0.29, 0.717) is 0 Å². The molecule has 0 aliphatic rings. The van der Waals surface area contributed by atoms with Gasteiger partial charge in [0, 0.05) is 28.4 Å². The van der Waals surface area contributed by atoms with Crippen molar-refractivity contribution in [3.8, 4) is 0 Å². The zero-order chi connectivity index (χ0) is 12.4. The second kappa shape index (κ2) is 4.86. The van der Waals surface area contributed by atoms with Crippen LogP contribution in [0.15, 0.2) is 59.2 Å². The van der Waals surface area contributed by atoms with Crippen LogP contribution in [0.2, 0.25) is 0 Å². The van der Waals surface area contributed by atoms with Gasteiger partial charge in [-0.25, -0.2) is 0 Å². The second-order valence-electron chi connectivity index (χ2n) is 4.26. The number of aromatic amines is 1. The van der Waals surface area contributed by atoms with Crippen molar-refractivity contribution in [3.05, 3.63) is 64.8 Å². The first-order valence-corrected chi connectivity index (χ1v) is 6.66. The molecule has 1 aromatic heterocycles. The van der Waals surface area contributed by atoms with E-state index >= 15 is 0 Å². The Morgan fingerprint density at radius 1 is 1.00 bits per heavy atom. The lowest BCUT2D eigenvalue weighted by atomic mass is 10.1. The maximum atomic E-state index is 3.43. The van der Waals surface area contributed by atoms with Gasteiger partial charge in [0.05, 0.1) is 0 Å². The average Bonchev–Trinajstić information content (AvgIpc) is 2.85. The smallest absolute Gasteiger partial charge is 0.0454 e. The summed E-state index contributed by atoms with van der Waals surface area (Å²) in [5, 5.41) is 4.67. The summed E-state index contributed by atoms with van der Waals surface area (Å²) in [6.45, 7) is 0.836. The topological polar surface area (TPSA) is 27.8 Å². The fraction of sp³-hybridized carbons (Fsp3) is 0.0667. The summed E-state index contributed by atoms with van der Waals surface area (Å²) >= 11 is 3.43. The van der Waals surface area contributed by atoms with E-state index < -0.39 is 0 Å². The fourth-order valence-corrected chi connectivity index (χ4v) is 2.25.